The van der Waals surface area contributed by atoms with Crippen molar-refractivity contribution in [1.82, 2.24) is 4.90 Å². The van der Waals surface area contributed by atoms with Crippen LogP contribution in [0.3, 0.4) is 0 Å². The number of carbonyl (C=O) groups excluding carboxylic acids is 2. The molecular formula is C16H23NO3. The lowest BCUT2D eigenvalue weighted by molar-refractivity contribution is -0.144. The predicted molar refractivity (Wildman–Crippen MR) is 78.7 cm³/mol. The summed E-state index contributed by atoms with van der Waals surface area (Å²) in [4.78, 5) is 25.7. The van der Waals surface area contributed by atoms with Crippen molar-refractivity contribution < 1.29 is 14.3 Å². The fourth-order valence-electron chi connectivity index (χ4n) is 2.10. The molecule has 0 fully saturated rings. The average molecular weight is 277 g/mol. The molecule has 0 heterocycles. The van der Waals surface area contributed by atoms with Crippen LogP contribution in [0.25, 0.3) is 0 Å². The Kier molecular flexibility index (Phi) is 5.74. The number of hydrogen-bond acceptors (Lipinski definition) is 3. The Balaban J connectivity index is 2.96. The van der Waals surface area contributed by atoms with Crippen LogP contribution in [0.1, 0.15) is 42.3 Å². The van der Waals surface area contributed by atoms with Crippen LogP contribution in [0.2, 0.25) is 0 Å². The normalized spacial score (nSPS) is 10.5. The van der Waals surface area contributed by atoms with Gasteiger partial charge in [-0.2, -0.15) is 0 Å². The maximum atomic E-state index is 12.5. The molecule has 0 atom stereocenters. The Morgan fingerprint density at radius 2 is 1.70 bits per heavy atom. The van der Waals surface area contributed by atoms with Crippen LogP contribution in [0.4, 0.5) is 0 Å². The highest BCUT2D eigenvalue weighted by Crippen LogP contribution is 2.13. The summed E-state index contributed by atoms with van der Waals surface area (Å²) in [6.45, 7) is 9.74. The van der Waals surface area contributed by atoms with Crippen molar-refractivity contribution in [1.29, 1.82) is 0 Å². The monoisotopic (exact) mass is 277 g/mol. The lowest BCUT2D eigenvalue weighted by Crippen LogP contribution is -2.41. The summed E-state index contributed by atoms with van der Waals surface area (Å²) in [5, 5.41) is 0. The highest BCUT2D eigenvalue weighted by atomic mass is 16.5. The van der Waals surface area contributed by atoms with Crippen LogP contribution in [0, 0.1) is 13.8 Å². The second kappa shape index (κ2) is 7.08. The van der Waals surface area contributed by atoms with Gasteiger partial charge in [0.05, 0.1) is 6.61 Å². The minimum absolute atomic E-state index is 0.0165. The summed E-state index contributed by atoms with van der Waals surface area (Å²) in [5.41, 5.74) is 2.68. The number of amides is 1. The van der Waals surface area contributed by atoms with Crippen molar-refractivity contribution in [3.8, 4) is 0 Å². The second-order valence-corrected chi connectivity index (χ2v) is 5.21. The molecule has 0 saturated heterocycles. The molecule has 0 saturated carbocycles. The minimum Gasteiger partial charge on any atom is -0.465 e. The number of benzene rings is 1. The van der Waals surface area contributed by atoms with Crippen molar-refractivity contribution in [3.63, 3.8) is 0 Å². The van der Waals surface area contributed by atoms with Gasteiger partial charge in [-0.15, -0.1) is 0 Å². The first kappa shape index (κ1) is 16.2. The van der Waals surface area contributed by atoms with Gasteiger partial charge < -0.3 is 9.64 Å². The number of nitrogens with zero attached hydrogens (tertiary/aromatic N) is 1. The van der Waals surface area contributed by atoms with E-state index in [4.69, 9.17) is 4.74 Å². The Bertz CT molecular complexity index is 474. The number of hydrogen-bond donors (Lipinski definition) is 0. The van der Waals surface area contributed by atoms with Gasteiger partial charge >= 0.3 is 5.97 Å². The van der Waals surface area contributed by atoms with Gasteiger partial charge in [-0.25, -0.2) is 0 Å². The van der Waals surface area contributed by atoms with Crippen molar-refractivity contribution in [2.75, 3.05) is 13.2 Å². The zero-order valence-electron chi connectivity index (χ0n) is 12.9. The fourth-order valence-corrected chi connectivity index (χ4v) is 2.10. The molecular weight excluding hydrogens is 254 g/mol. The van der Waals surface area contributed by atoms with Crippen LogP contribution in [-0.2, 0) is 9.53 Å². The summed E-state index contributed by atoms with van der Waals surface area (Å²) < 4.78 is 4.92. The largest absolute Gasteiger partial charge is 0.465 e. The van der Waals surface area contributed by atoms with Crippen LogP contribution < -0.4 is 0 Å². The molecule has 4 heteroatoms. The van der Waals surface area contributed by atoms with Crippen LogP contribution in [0.5, 0.6) is 0 Å². The number of ether oxygens (including phenoxy) is 1. The number of esters is 1. The van der Waals surface area contributed by atoms with E-state index in [2.05, 4.69) is 0 Å². The first-order valence-electron chi connectivity index (χ1n) is 6.90. The van der Waals surface area contributed by atoms with E-state index in [1.54, 1.807) is 6.92 Å². The summed E-state index contributed by atoms with van der Waals surface area (Å²) in [6, 6.07) is 5.64. The van der Waals surface area contributed by atoms with Gasteiger partial charge in [0.1, 0.15) is 6.54 Å². The quantitative estimate of drug-likeness (QED) is 0.777. The highest BCUT2D eigenvalue weighted by Gasteiger charge is 2.22. The summed E-state index contributed by atoms with van der Waals surface area (Å²) >= 11 is 0. The van der Waals surface area contributed by atoms with E-state index < -0.39 is 0 Å². The van der Waals surface area contributed by atoms with Gasteiger partial charge in [0.15, 0.2) is 0 Å². The van der Waals surface area contributed by atoms with Gasteiger partial charge in [0.25, 0.3) is 5.91 Å². The van der Waals surface area contributed by atoms with Gasteiger partial charge in [0, 0.05) is 11.6 Å². The third-order valence-electron chi connectivity index (χ3n) is 2.96. The molecule has 0 aliphatic heterocycles. The molecule has 0 unspecified atom stereocenters. The first-order chi connectivity index (χ1) is 9.35. The lowest BCUT2D eigenvalue weighted by Gasteiger charge is -2.26. The molecule has 1 amide bonds. The highest BCUT2D eigenvalue weighted by molar-refractivity contribution is 5.96. The summed E-state index contributed by atoms with van der Waals surface area (Å²) in [6.07, 6.45) is 0. The molecule has 0 bridgehead atoms. The molecule has 0 radical (unpaired) electrons. The zero-order chi connectivity index (χ0) is 15.3. The fraction of sp³-hybridized carbons (Fsp3) is 0.500. The molecule has 0 aliphatic carbocycles. The van der Waals surface area contributed by atoms with Crippen molar-refractivity contribution >= 4 is 11.9 Å². The molecule has 4 nitrogen and oxygen atoms in total. The van der Waals surface area contributed by atoms with Crippen molar-refractivity contribution in [3.05, 3.63) is 34.9 Å². The van der Waals surface area contributed by atoms with Gasteiger partial charge in [-0.3, -0.25) is 9.59 Å². The Hall–Kier alpha value is -1.84. The van der Waals surface area contributed by atoms with E-state index in [1.165, 1.54) is 4.90 Å². The molecule has 1 rings (SSSR count). The van der Waals surface area contributed by atoms with Gasteiger partial charge in [-0.05, 0) is 46.8 Å². The zero-order valence-corrected chi connectivity index (χ0v) is 12.9. The molecule has 20 heavy (non-hydrogen) atoms. The third-order valence-corrected chi connectivity index (χ3v) is 2.96. The average Bonchev–Trinajstić information content (AvgIpc) is 2.34. The van der Waals surface area contributed by atoms with Crippen molar-refractivity contribution in [2.45, 2.75) is 40.7 Å². The van der Waals surface area contributed by atoms with Gasteiger partial charge in [0.2, 0.25) is 0 Å². The van der Waals surface area contributed by atoms with Crippen LogP contribution >= 0.6 is 0 Å². The number of rotatable bonds is 5. The van der Waals surface area contributed by atoms with E-state index >= 15 is 0 Å². The molecule has 110 valence electrons. The van der Waals surface area contributed by atoms with E-state index in [1.807, 2.05) is 45.9 Å². The number of carbonyl (C=O) groups is 2. The van der Waals surface area contributed by atoms with Crippen molar-refractivity contribution in [2.24, 2.45) is 0 Å². The second-order valence-electron chi connectivity index (χ2n) is 5.21. The smallest absolute Gasteiger partial charge is 0.325 e. The van der Waals surface area contributed by atoms with Crippen LogP contribution in [0.15, 0.2) is 18.2 Å². The SMILES string of the molecule is CCOC(=O)CN(C(=O)c1cc(C)cc(C)c1)C(C)C. The Morgan fingerprint density at radius 3 is 2.15 bits per heavy atom. The van der Waals surface area contributed by atoms with Crippen LogP contribution in [-0.4, -0.2) is 36.0 Å². The molecule has 1 aromatic carbocycles. The van der Waals surface area contributed by atoms with E-state index in [9.17, 15) is 9.59 Å². The molecule has 0 aromatic heterocycles. The third kappa shape index (κ3) is 4.37. The molecule has 0 aliphatic rings. The maximum absolute atomic E-state index is 12.5. The first-order valence-corrected chi connectivity index (χ1v) is 6.90. The van der Waals surface area contributed by atoms with Gasteiger partial charge in [-0.1, -0.05) is 17.2 Å². The van der Waals surface area contributed by atoms with E-state index in [0.717, 1.165) is 11.1 Å². The minimum atomic E-state index is -0.376. The molecule has 0 N–H and O–H groups in total. The maximum Gasteiger partial charge on any atom is 0.325 e. The summed E-state index contributed by atoms with van der Waals surface area (Å²) in [7, 11) is 0. The standard InChI is InChI=1S/C16H23NO3/c1-6-20-15(18)10-17(11(2)3)16(19)14-8-12(4)7-13(5)9-14/h7-9,11H,6,10H2,1-5H3. The molecule has 1 aromatic rings. The van der Waals surface area contributed by atoms with E-state index in [0.29, 0.717) is 12.2 Å². The Morgan fingerprint density at radius 1 is 1.15 bits per heavy atom. The van der Waals surface area contributed by atoms with E-state index in [-0.39, 0.29) is 24.5 Å². The lowest BCUT2D eigenvalue weighted by atomic mass is 10.1. The molecule has 0 spiro atoms. The summed E-state index contributed by atoms with van der Waals surface area (Å²) in [5.74, 6) is -0.515. The number of aryl methyl sites for hydroxylation is 2. The predicted octanol–water partition coefficient (Wildman–Crippen LogP) is 2.72. The topological polar surface area (TPSA) is 46.6 Å². The Labute approximate surface area is 120 Å².